The zero-order valence-corrected chi connectivity index (χ0v) is 12.5. The second-order valence-electron chi connectivity index (χ2n) is 4.90. The molecular weight excluding hydrogens is 264 g/mol. The highest BCUT2D eigenvalue weighted by Gasteiger charge is 2.33. The van der Waals surface area contributed by atoms with Crippen LogP contribution in [-0.2, 0) is 4.79 Å². The van der Waals surface area contributed by atoms with Gasteiger partial charge in [0.25, 0.3) is 0 Å². The highest BCUT2D eigenvalue weighted by atomic mass is 32.2. The number of thioether (sulfide) groups is 1. The van der Waals surface area contributed by atoms with E-state index in [1.807, 2.05) is 6.26 Å². The molecule has 0 spiro atoms. The highest BCUT2D eigenvalue weighted by Crippen LogP contribution is 2.27. The van der Waals surface area contributed by atoms with Gasteiger partial charge in [0.15, 0.2) is 0 Å². The maximum absolute atomic E-state index is 12.2. The quantitative estimate of drug-likeness (QED) is 0.682. The normalized spacial score (nSPS) is 15.9. The van der Waals surface area contributed by atoms with Crippen molar-refractivity contribution < 1.29 is 14.7 Å². The Morgan fingerprint density at radius 1 is 1.47 bits per heavy atom. The van der Waals surface area contributed by atoms with E-state index in [4.69, 9.17) is 5.11 Å². The van der Waals surface area contributed by atoms with Crippen LogP contribution in [0.2, 0.25) is 0 Å². The summed E-state index contributed by atoms with van der Waals surface area (Å²) in [7, 11) is 0. The molecule has 1 atom stereocenters. The Morgan fingerprint density at radius 2 is 2.16 bits per heavy atom. The SMILES string of the molecule is CCCCN(C(=O)N[C@H](CCSC)C(=O)O)C1CC1. The fourth-order valence-electron chi connectivity index (χ4n) is 1.89. The van der Waals surface area contributed by atoms with Gasteiger partial charge in [-0.25, -0.2) is 9.59 Å². The van der Waals surface area contributed by atoms with Crippen molar-refractivity contribution in [3.63, 3.8) is 0 Å². The average molecular weight is 288 g/mol. The summed E-state index contributed by atoms with van der Waals surface area (Å²) in [6.07, 6.45) is 6.48. The summed E-state index contributed by atoms with van der Waals surface area (Å²) in [5, 5.41) is 11.8. The molecule has 110 valence electrons. The van der Waals surface area contributed by atoms with Crippen molar-refractivity contribution in [3.05, 3.63) is 0 Å². The van der Waals surface area contributed by atoms with Crippen LogP contribution >= 0.6 is 11.8 Å². The number of rotatable bonds is 9. The van der Waals surface area contributed by atoms with Crippen molar-refractivity contribution in [1.82, 2.24) is 10.2 Å². The van der Waals surface area contributed by atoms with Gasteiger partial charge in [0.05, 0.1) is 0 Å². The predicted molar refractivity (Wildman–Crippen MR) is 77.6 cm³/mol. The van der Waals surface area contributed by atoms with Crippen LogP contribution in [0.1, 0.15) is 39.0 Å². The van der Waals surface area contributed by atoms with Crippen LogP contribution in [0.25, 0.3) is 0 Å². The van der Waals surface area contributed by atoms with E-state index in [1.165, 1.54) is 0 Å². The number of nitrogens with one attached hydrogen (secondary N) is 1. The number of carbonyl (C=O) groups excluding carboxylic acids is 1. The first kappa shape index (κ1) is 16.1. The number of carbonyl (C=O) groups is 2. The van der Waals surface area contributed by atoms with Crippen molar-refractivity contribution >= 4 is 23.8 Å². The molecule has 5 nitrogen and oxygen atoms in total. The van der Waals surface area contributed by atoms with Crippen molar-refractivity contribution in [2.24, 2.45) is 0 Å². The molecule has 0 aromatic heterocycles. The van der Waals surface area contributed by atoms with E-state index in [0.29, 0.717) is 12.5 Å². The third kappa shape index (κ3) is 5.72. The summed E-state index contributed by atoms with van der Waals surface area (Å²) < 4.78 is 0. The zero-order chi connectivity index (χ0) is 14.3. The largest absolute Gasteiger partial charge is 0.480 e. The highest BCUT2D eigenvalue weighted by molar-refractivity contribution is 7.98. The lowest BCUT2D eigenvalue weighted by atomic mass is 10.2. The number of hydrogen-bond acceptors (Lipinski definition) is 3. The van der Waals surface area contributed by atoms with Crippen LogP contribution in [0.4, 0.5) is 4.79 Å². The van der Waals surface area contributed by atoms with E-state index in [0.717, 1.165) is 38.0 Å². The van der Waals surface area contributed by atoms with E-state index in [-0.39, 0.29) is 6.03 Å². The molecule has 0 unspecified atom stereocenters. The summed E-state index contributed by atoms with van der Waals surface area (Å²) in [6.45, 7) is 2.81. The Bertz CT molecular complexity index is 308. The lowest BCUT2D eigenvalue weighted by Crippen LogP contribution is -2.49. The van der Waals surface area contributed by atoms with Crippen LogP contribution in [0.3, 0.4) is 0 Å². The first-order chi connectivity index (χ1) is 9.10. The summed E-state index contributed by atoms with van der Waals surface area (Å²) in [6, 6.07) is -0.672. The number of hydrogen-bond donors (Lipinski definition) is 2. The Hall–Kier alpha value is -0.910. The predicted octanol–water partition coefficient (Wildman–Crippen LogP) is 2.17. The third-order valence-electron chi connectivity index (χ3n) is 3.21. The van der Waals surface area contributed by atoms with Gasteiger partial charge >= 0.3 is 12.0 Å². The van der Waals surface area contributed by atoms with E-state index in [2.05, 4.69) is 12.2 Å². The number of unbranched alkanes of at least 4 members (excludes halogenated alkanes) is 1. The second-order valence-corrected chi connectivity index (χ2v) is 5.89. The van der Waals surface area contributed by atoms with Gasteiger partial charge in [-0.05, 0) is 37.7 Å². The monoisotopic (exact) mass is 288 g/mol. The Labute approximate surface area is 119 Å². The smallest absolute Gasteiger partial charge is 0.326 e. The molecule has 0 saturated heterocycles. The molecular formula is C13H24N2O3S. The minimum Gasteiger partial charge on any atom is -0.480 e. The molecule has 1 saturated carbocycles. The molecule has 6 heteroatoms. The number of amides is 2. The van der Waals surface area contributed by atoms with Crippen LogP contribution in [-0.4, -0.2) is 52.6 Å². The van der Waals surface area contributed by atoms with E-state index in [9.17, 15) is 9.59 Å². The fourth-order valence-corrected chi connectivity index (χ4v) is 2.36. The average Bonchev–Trinajstić information content (AvgIpc) is 3.19. The molecule has 1 aliphatic carbocycles. The molecule has 0 radical (unpaired) electrons. The van der Waals surface area contributed by atoms with Gasteiger partial charge in [0, 0.05) is 12.6 Å². The van der Waals surface area contributed by atoms with E-state index in [1.54, 1.807) is 16.7 Å². The Kier molecular flexibility index (Phi) is 7.05. The number of urea groups is 1. The van der Waals surface area contributed by atoms with Gasteiger partial charge in [-0.3, -0.25) is 0 Å². The van der Waals surface area contributed by atoms with Crippen molar-refractivity contribution in [2.75, 3.05) is 18.6 Å². The van der Waals surface area contributed by atoms with E-state index < -0.39 is 12.0 Å². The first-order valence-corrected chi connectivity index (χ1v) is 8.28. The number of carboxylic acids is 1. The molecule has 2 amide bonds. The Balaban J connectivity index is 2.49. The minimum atomic E-state index is -0.950. The summed E-state index contributed by atoms with van der Waals surface area (Å²) >= 11 is 1.59. The molecule has 1 fully saturated rings. The molecule has 0 aromatic rings. The second kappa shape index (κ2) is 8.30. The maximum atomic E-state index is 12.2. The van der Waals surface area contributed by atoms with E-state index >= 15 is 0 Å². The van der Waals surface area contributed by atoms with Crippen molar-refractivity contribution in [1.29, 1.82) is 0 Å². The van der Waals surface area contributed by atoms with Crippen LogP contribution in [0.15, 0.2) is 0 Å². The van der Waals surface area contributed by atoms with Crippen LogP contribution in [0.5, 0.6) is 0 Å². The topological polar surface area (TPSA) is 69.6 Å². The van der Waals surface area contributed by atoms with Crippen LogP contribution < -0.4 is 5.32 Å². The summed E-state index contributed by atoms with van der Waals surface area (Å²) in [4.78, 5) is 25.1. The molecule has 0 bridgehead atoms. The summed E-state index contributed by atoms with van der Waals surface area (Å²) in [5.41, 5.74) is 0. The number of aliphatic carboxylic acids is 1. The lowest BCUT2D eigenvalue weighted by Gasteiger charge is -2.25. The third-order valence-corrected chi connectivity index (χ3v) is 3.85. The standard InChI is InChI=1S/C13H24N2O3S/c1-3-4-8-15(10-5-6-10)13(18)14-11(12(16)17)7-9-19-2/h10-11H,3-9H2,1-2H3,(H,14,18)(H,16,17)/t11-/m1/s1. The van der Waals surface area contributed by atoms with Gasteiger partial charge in [-0.15, -0.1) is 0 Å². The van der Waals surface area contributed by atoms with Crippen LogP contribution in [0, 0.1) is 0 Å². The molecule has 2 N–H and O–H groups in total. The lowest BCUT2D eigenvalue weighted by molar-refractivity contribution is -0.139. The van der Waals surface area contributed by atoms with Gasteiger partial charge in [0.1, 0.15) is 6.04 Å². The molecule has 0 heterocycles. The number of carboxylic acid groups (broad SMARTS) is 1. The van der Waals surface area contributed by atoms with Gasteiger partial charge in [-0.2, -0.15) is 11.8 Å². The summed E-state index contributed by atoms with van der Waals surface area (Å²) in [5.74, 6) is -0.219. The van der Waals surface area contributed by atoms with Gasteiger partial charge in [-0.1, -0.05) is 13.3 Å². The van der Waals surface area contributed by atoms with Gasteiger partial charge < -0.3 is 15.3 Å². The maximum Gasteiger partial charge on any atom is 0.326 e. The van der Waals surface area contributed by atoms with Gasteiger partial charge in [0.2, 0.25) is 0 Å². The molecule has 1 aliphatic rings. The molecule has 19 heavy (non-hydrogen) atoms. The van der Waals surface area contributed by atoms with Crippen molar-refractivity contribution in [2.45, 2.75) is 51.1 Å². The number of nitrogens with zero attached hydrogens (tertiary/aromatic N) is 1. The Morgan fingerprint density at radius 3 is 2.63 bits per heavy atom. The molecule has 0 aromatic carbocycles. The first-order valence-electron chi connectivity index (χ1n) is 6.89. The molecule has 0 aliphatic heterocycles. The minimum absolute atomic E-state index is 0.218. The van der Waals surface area contributed by atoms with Crippen molar-refractivity contribution in [3.8, 4) is 0 Å². The fraction of sp³-hybridized carbons (Fsp3) is 0.846. The zero-order valence-electron chi connectivity index (χ0n) is 11.7. The molecule has 1 rings (SSSR count).